The van der Waals surface area contributed by atoms with Gasteiger partial charge in [-0.05, 0) is 19.1 Å². The van der Waals surface area contributed by atoms with E-state index in [9.17, 15) is 15.3 Å². The van der Waals surface area contributed by atoms with Gasteiger partial charge in [0, 0.05) is 5.56 Å². The average molecular weight is 367 g/mol. The van der Waals surface area contributed by atoms with E-state index in [1.54, 1.807) is 18.2 Å². The van der Waals surface area contributed by atoms with Gasteiger partial charge in [0.25, 0.3) is 0 Å². The molecule has 9 nitrogen and oxygen atoms in total. The van der Waals surface area contributed by atoms with Crippen LogP contribution in [0.25, 0.3) is 22.4 Å². The van der Waals surface area contributed by atoms with Gasteiger partial charge in [0.2, 0.25) is 0 Å². The Hall–Kier alpha value is -2.90. The van der Waals surface area contributed by atoms with Crippen molar-refractivity contribution in [2.45, 2.75) is 31.0 Å². The van der Waals surface area contributed by atoms with Crippen LogP contribution in [0.4, 0.5) is 0 Å². The molecule has 0 radical (unpaired) electrons. The van der Waals surface area contributed by atoms with E-state index in [1.165, 1.54) is 24.1 Å². The maximum absolute atomic E-state index is 10.7. The third-order valence-electron chi connectivity index (χ3n) is 4.81. The highest BCUT2D eigenvalue weighted by Gasteiger charge is 2.53. The smallest absolute Gasteiger partial charge is 0.168 e. The summed E-state index contributed by atoms with van der Waals surface area (Å²) in [4.78, 5) is 12.9. The zero-order chi connectivity index (χ0) is 19.2. The summed E-state index contributed by atoms with van der Waals surface area (Å²) in [5.41, 5.74) is 0.959. The van der Waals surface area contributed by atoms with E-state index < -0.39 is 30.6 Å². The van der Waals surface area contributed by atoms with Crippen LogP contribution in [0.15, 0.2) is 36.9 Å². The summed E-state index contributed by atoms with van der Waals surface area (Å²) in [5, 5.41) is 39.4. The molecule has 0 aliphatic carbocycles. The molecule has 4 rings (SSSR count). The summed E-state index contributed by atoms with van der Waals surface area (Å²) in [6.07, 6.45) is -0.362. The maximum atomic E-state index is 10.7. The van der Waals surface area contributed by atoms with Gasteiger partial charge in [-0.1, -0.05) is 12.1 Å². The van der Waals surface area contributed by atoms with Gasteiger partial charge in [-0.15, -0.1) is 0 Å². The minimum atomic E-state index is -1.65. The van der Waals surface area contributed by atoms with E-state index in [0.29, 0.717) is 28.0 Å². The molecule has 3 heterocycles. The van der Waals surface area contributed by atoms with Crippen molar-refractivity contribution >= 4 is 11.2 Å². The van der Waals surface area contributed by atoms with Crippen molar-refractivity contribution in [3.63, 3.8) is 0 Å². The summed E-state index contributed by atoms with van der Waals surface area (Å²) in [6.45, 7) is 1.00. The van der Waals surface area contributed by atoms with Crippen molar-refractivity contribution in [1.29, 1.82) is 5.26 Å². The van der Waals surface area contributed by atoms with Crippen molar-refractivity contribution < 1.29 is 20.1 Å². The second-order valence-corrected chi connectivity index (χ2v) is 6.62. The Labute approximate surface area is 154 Å². The highest BCUT2D eigenvalue weighted by atomic mass is 16.6. The van der Waals surface area contributed by atoms with Crippen molar-refractivity contribution in [3.8, 4) is 17.3 Å². The van der Waals surface area contributed by atoms with Gasteiger partial charge < -0.3 is 20.1 Å². The molecule has 0 saturated carbocycles. The fourth-order valence-electron chi connectivity index (χ4n) is 3.36. The van der Waals surface area contributed by atoms with Crippen LogP contribution in [-0.2, 0) is 4.74 Å². The van der Waals surface area contributed by atoms with Gasteiger partial charge in [0.15, 0.2) is 11.9 Å². The molecule has 9 heteroatoms. The van der Waals surface area contributed by atoms with Crippen LogP contribution in [0.2, 0.25) is 0 Å². The average Bonchev–Trinajstić information content (AvgIpc) is 3.20. The standard InChI is InChI=1S/C18H17N5O4/c1-18(26)15(25)12(7-24)27-17(18)23-9-22-14-13(20-8-21-16(14)23)11-4-2-3-10(5-11)6-19/h2-5,8-9,12,15,17,24-26H,7H2,1H3/t12-,15-,17?,18-/m1/s1. The number of aliphatic hydroxyl groups is 3. The number of fused-ring (bicyclic) bond motifs is 1. The molecule has 3 aromatic rings. The van der Waals surface area contributed by atoms with Gasteiger partial charge in [0.1, 0.15) is 35.3 Å². The maximum Gasteiger partial charge on any atom is 0.168 e. The number of benzene rings is 1. The van der Waals surface area contributed by atoms with E-state index >= 15 is 0 Å². The lowest BCUT2D eigenvalue weighted by Crippen LogP contribution is -2.44. The topological polar surface area (TPSA) is 137 Å². The van der Waals surface area contributed by atoms with Crippen LogP contribution in [-0.4, -0.2) is 59.3 Å². The molecule has 0 spiro atoms. The van der Waals surface area contributed by atoms with E-state index in [4.69, 9.17) is 10.00 Å². The number of imidazole rings is 1. The lowest BCUT2D eigenvalue weighted by atomic mass is 9.96. The largest absolute Gasteiger partial charge is 0.394 e. The van der Waals surface area contributed by atoms with Crippen LogP contribution >= 0.6 is 0 Å². The summed E-state index contributed by atoms with van der Waals surface area (Å²) in [6, 6.07) is 9.06. The third-order valence-corrected chi connectivity index (χ3v) is 4.81. The van der Waals surface area contributed by atoms with Gasteiger partial charge in [-0.2, -0.15) is 5.26 Å². The summed E-state index contributed by atoms with van der Waals surface area (Å²) in [7, 11) is 0. The molecular weight excluding hydrogens is 350 g/mol. The number of rotatable bonds is 3. The summed E-state index contributed by atoms with van der Waals surface area (Å²) >= 11 is 0. The molecule has 0 bridgehead atoms. The van der Waals surface area contributed by atoms with E-state index in [0.717, 1.165) is 0 Å². The predicted molar refractivity (Wildman–Crippen MR) is 93.1 cm³/mol. The zero-order valence-corrected chi connectivity index (χ0v) is 14.4. The molecule has 3 N–H and O–H groups in total. The molecule has 27 heavy (non-hydrogen) atoms. The Bertz CT molecular complexity index is 1040. The Morgan fingerprint density at radius 1 is 1.33 bits per heavy atom. The van der Waals surface area contributed by atoms with E-state index in [1.807, 2.05) is 6.07 Å². The van der Waals surface area contributed by atoms with Crippen LogP contribution in [0.1, 0.15) is 18.7 Å². The molecule has 4 atom stereocenters. The minimum absolute atomic E-state index is 0.401. The van der Waals surface area contributed by atoms with Crippen LogP contribution < -0.4 is 0 Å². The molecule has 1 aromatic carbocycles. The molecule has 1 saturated heterocycles. The lowest BCUT2D eigenvalue weighted by Gasteiger charge is -2.27. The third kappa shape index (κ3) is 2.67. The summed E-state index contributed by atoms with van der Waals surface area (Å²) < 4.78 is 7.15. The molecule has 1 aliphatic rings. The van der Waals surface area contributed by atoms with Crippen LogP contribution in [0.3, 0.4) is 0 Å². The normalized spacial score (nSPS) is 27.7. The Morgan fingerprint density at radius 2 is 2.15 bits per heavy atom. The number of hydrogen-bond donors (Lipinski definition) is 3. The van der Waals surface area contributed by atoms with E-state index in [2.05, 4.69) is 21.0 Å². The van der Waals surface area contributed by atoms with Crippen LogP contribution in [0.5, 0.6) is 0 Å². The number of nitriles is 1. The van der Waals surface area contributed by atoms with Gasteiger partial charge >= 0.3 is 0 Å². The second-order valence-electron chi connectivity index (χ2n) is 6.62. The number of nitrogens with zero attached hydrogens (tertiary/aromatic N) is 5. The minimum Gasteiger partial charge on any atom is -0.394 e. The first-order valence-electron chi connectivity index (χ1n) is 8.32. The Kier molecular flexibility index (Phi) is 4.13. The van der Waals surface area contributed by atoms with Gasteiger partial charge in [-0.3, -0.25) is 4.57 Å². The highest BCUT2D eigenvalue weighted by molar-refractivity contribution is 5.87. The van der Waals surface area contributed by atoms with Gasteiger partial charge in [-0.25, -0.2) is 15.0 Å². The van der Waals surface area contributed by atoms with Crippen molar-refractivity contribution in [3.05, 3.63) is 42.5 Å². The summed E-state index contributed by atoms with van der Waals surface area (Å²) in [5.74, 6) is 0. The SMILES string of the molecule is C[C@]1(O)C(n2cnc3c(-c4cccc(C#N)c4)ncnc32)O[C@H](CO)[C@H]1O. The molecule has 138 valence electrons. The Balaban J connectivity index is 1.83. The number of ether oxygens (including phenoxy) is 1. The number of aliphatic hydroxyl groups excluding tert-OH is 2. The monoisotopic (exact) mass is 367 g/mol. The van der Waals surface area contributed by atoms with Crippen molar-refractivity contribution in [2.75, 3.05) is 6.61 Å². The molecule has 1 aliphatic heterocycles. The predicted octanol–water partition coefficient (Wildman–Crippen LogP) is 0.367. The van der Waals surface area contributed by atoms with Gasteiger partial charge in [0.05, 0.1) is 24.6 Å². The molecule has 1 fully saturated rings. The molecule has 1 unspecified atom stereocenters. The quantitative estimate of drug-likeness (QED) is 0.604. The Morgan fingerprint density at radius 3 is 2.85 bits per heavy atom. The first-order valence-corrected chi connectivity index (χ1v) is 8.32. The van der Waals surface area contributed by atoms with Crippen molar-refractivity contribution in [1.82, 2.24) is 19.5 Å². The zero-order valence-electron chi connectivity index (χ0n) is 14.4. The lowest BCUT2D eigenvalue weighted by molar-refractivity contribution is -0.0950. The molecule has 0 amide bonds. The molecular formula is C18H17N5O4. The fraction of sp³-hybridized carbons (Fsp3) is 0.333. The van der Waals surface area contributed by atoms with Crippen LogP contribution in [0, 0.1) is 11.3 Å². The number of hydrogen-bond acceptors (Lipinski definition) is 8. The van der Waals surface area contributed by atoms with E-state index in [-0.39, 0.29) is 0 Å². The highest BCUT2D eigenvalue weighted by Crippen LogP contribution is 2.39. The fourth-order valence-corrected chi connectivity index (χ4v) is 3.36. The van der Waals surface area contributed by atoms with Crippen molar-refractivity contribution in [2.24, 2.45) is 0 Å². The molecule has 2 aromatic heterocycles. The number of aromatic nitrogens is 4. The first kappa shape index (κ1) is 17.5. The second kappa shape index (κ2) is 6.37. The first-order chi connectivity index (χ1) is 13.0.